The van der Waals surface area contributed by atoms with Gasteiger partial charge in [0, 0.05) is 6.42 Å². The lowest BCUT2D eigenvalue weighted by atomic mass is 10.0. The van der Waals surface area contributed by atoms with Gasteiger partial charge in [-0.3, -0.25) is 4.79 Å². The zero-order chi connectivity index (χ0) is 14.0. The van der Waals surface area contributed by atoms with Crippen molar-refractivity contribution < 1.29 is 10.0 Å². The quantitative estimate of drug-likeness (QED) is 0.194. The van der Waals surface area contributed by atoms with Crippen LogP contribution in [0.15, 0.2) is 5.16 Å². The molecule has 0 aliphatic carbocycles. The lowest BCUT2D eigenvalue weighted by Crippen LogP contribution is -2.47. The summed E-state index contributed by atoms with van der Waals surface area (Å²) in [5.74, 6) is 0.131. The van der Waals surface area contributed by atoms with Crippen molar-refractivity contribution in [3.8, 4) is 0 Å². The highest BCUT2D eigenvalue weighted by Crippen LogP contribution is 2.06. The van der Waals surface area contributed by atoms with E-state index in [9.17, 15) is 4.79 Å². The molecular formula is C13H27N3O2. The van der Waals surface area contributed by atoms with Gasteiger partial charge in [-0.2, -0.15) is 0 Å². The summed E-state index contributed by atoms with van der Waals surface area (Å²) in [6.07, 6.45) is 6.08. The third-order valence-electron chi connectivity index (χ3n) is 2.92. The first kappa shape index (κ1) is 16.7. The normalized spacial score (nSPS) is 13.7. The highest BCUT2D eigenvalue weighted by atomic mass is 16.4. The van der Waals surface area contributed by atoms with E-state index >= 15 is 0 Å². The molecule has 1 atom stereocenters. The van der Waals surface area contributed by atoms with Crippen molar-refractivity contribution in [3.63, 3.8) is 0 Å². The second kappa shape index (κ2) is 9.74. The Hall–Kier alpha value is -1.26. The standard InChI is InChI=1S/C13H27N3O2/c1-4-5-6-7-8-9-11(17)15-12(10(2)3)13(14)16-18/h10,12,18H,4-9H2,1-3H3,(H2,14,16)(H,15,17). The molecule has 0 aromatic carbocycles. The van der Waals surface area contributed by atoms with Crippen LogP contribution >= 0.6 is 0 Å². The molecule has 0 rings (SSSR count). The maximum absolute atomic E-state index is 11.7. The van der Waals surface area contributed by atoms with Gasteiger partial charge in [0.15, 0.2) is 5.84 Å². The van der Waals surface area contributed by atoms with Crippen LogP contribution < -0.4 is 11.1 Å². The second-order valence-corrected chi connectivity index (χ2v) is 4.98. The fourth-order valence-corrected chi connectivity index (χ4v) is 1.78. The molecule has 1 unspecified atom stereocenters. The van der Waals surface area contributed by atoms with E-state index in [2.05, 4.69) is 17.4 Å². The largest absolute Gasteiger partial charge is 0.409 e. The first-order chi connectivity index (χ1) is 8.52. The summed E-state index contributed by atoms with van der Waals surface area (Å²) in [6, 6.07) is -0.391. The Morgan fingerprint density at radius 3 is 2.39 bits per heavy atom. The van der Waals surface area contributed by atoms with Crippen LogP contribution in [0.25, 0.3) is 0 Å². The first-order valence-electron chi connectivity index (χ1n) is 6.79. The van der Waals surface area contributed by atoms with Crippen LogP contribution in [0.1, 0.15) is 59.3 Å². The first-order valence-corrected chi connectivity index (χ1v) is 6.79. The van der Waals surface area contributed by atoms with Crippen molar-refractivity contribution >= 4 is 11.7 Å². The highest BCUT2D eigenvalue weighted by Gasteiger charge is 2.20. The molecule has 0 aromatic heterocycles. The van der Waals surface area contributed by atoms with Gasteiger partial charge in [0.25, 0.3) is 0 Å². The second-order valence-electron chi connectivity index (χ2n) is 4.98. The average Bonchev–Trinajstić information content (AvgIpc) is 2.34. The number of hydrogen-bond donors (Lipinski definition) is 3. The third-order valence-corrected chi connectivity index (χ3v) is 2.92. The maximum atomic E-state index is 11.7. The van der Waals surface area contributed by atoms with Crippen LogP contribution in [0.2, 0.25) is 0 Å². The van der Waals surface area contributed by atoms with E-state index in [4.69, 9.17) is 10.9 Å². The van der Waals surface area contributed by atoms with E-state index in [0.29, 0.717) is 6.42 Å². The number of carbonyl (C=O) groups excluding carboxylic acids is 1. The summed E-state index contributed by atoms with van der Waals surface area (Å²) in [7, 11) is 0. The highest BCUT2D eigenvalue weighted by molar-refractivity contribution is 5.90. The molecule has 0 radical (unpaired) electrons. The van der Waals surface area contributed by atoms with Crippen molar-refractivity contribution in [2.24, 2.45) is 16.8 Å². The molecule has 0 heterocycles. The van der Waals surface area contributed by atoms with Gasteiger partial charge in [-0.25, -0.2) is 0 Å². The molecule has 106 valence electrons. The van der Waals surface area contributed by atoms with Gasteiger partial charge >= 0.3 is 0 Å². The Morgan fingerprint density at radius 2 is 1.89 bits per heavy atom. The number of oxime groups is 1. The van der Waals surface area contributed by atoms with Crippen molar-refractivity contribution in [2.45, 2.75) is 65.3 Å². The van der Waals surface area contributed by atoms with Crippen molar-refractivity contribution in [1.29, 1.82) is 0 Å². The molecular weight excluding hydrogens is 230 g/mol. The number of nitrogens with zero attached hydrogens (tertiary/aromatic N) is 1. The van der Waals surface area contributed by atoms with E-state index in [-0.39, 0.29) is 17.7 Å². The smallest absolute Gasteiger partial charge is 0.220 e. The molecule has 1 amide bonds. The van der Waals surface area contributed by atoms with Gasteiger partial charge in [-0.1, -0.05) is 51.6 Å². The molecule has 0 aromatic rings. The van der Waals surface area contributed by atoms with Crippen LogP contribution in [0.5, 0.6) is 0 Å². The van der Waals surface area contributed by atoms with E-state index in [1.807, 2.05) is 13.8 Å². The van der Waals surface area contributed by atoms with E-state index < -0.39 is 6.04 Å². The number of amidine groups is 1. The van der Waals surface area contributed by atoms with Gasteiger partial charge < -0.3 is 16.3 Å². The van der Waals surface area contributed by atoms with Gasteiger partial charge in [-0.15, -0.1) is 0 Å². The van der Waals surface area contributed by atoms with Gasteiger partial charge in [0.2, 0.25) is 5.91 Å². The summed E-state index contributed by atoms with van der Waals surface area (Å²) in [4.78, 5) is 11.7. The predicted molar refractivity (Wildman–Crippen MR) is 73.6 cm³/mol. The SMILES string of the molecule is CCCCCCCC(=O)NC(C(N)=NO)C(C)C. The maximum Gasteiger partial charge on any atom is 0.220 e. The molecule has 0 saturated carbocycles. The zero-order valence-electron chi connectivity index (χ0n) is 11.8. The van der Waals surface area contributed by atoms with E-state index in [1.165, 1.54) is 19.3 Å². The summed E-state index contributed by atoms with van der Waals surface area (Å²) < 4.78 is 0. The molecule has 5 heteroatoms. The molecule has 0 bridgehead atoms. The number of nitrogens with one attached hydrogen (secondary N) is 1. The summed E-state index contributed by atoms with van der Waals surface area (Å²) in [5.41, 5.74) is 5.55. The molecule has 18 heavy (non-hydrogen) atoms. The number of hydrogen-bond acceptors (Lipinski definition) is 3. The summed E-state index contributed by atoms with van der Waals surface area (Å²) >= 11 is 0. The van der Waals surface area contributed by atoms with Crippen LogP contribution in [-0.4, -0.2) is 23.0 Å². The van der Waals surface area contributed by atoms with Gasteiger partial charge in [0.05, 0.1) is 6.04 Å². The van der Waals surface area contributed by atoms with Crippen LogP contribution in [-0.2, 0) is 4.79 Å². The molecule has 5 nitrogen and oxygen atoms in total. The molecule has 0 aliphatic rings. The minimum Gasteiger partial charge on any atom is -0.409 e. The minimum absolute atomic E-state index is 0.0307. The fourth-order valence-electron chi connectivity index (χ4n) is 1.78. The zero-order valence-corrected chi connectivity index (χ0v) is 11.8. The molecule has 0 saturated heterocycles. The Labute approximate surface area is 110 Å². The number of carbonyl (C=O) groups is 1. The molecule has 0 spiro atoms. The van der Waals surface area contributed by atoms with Crippen molar-refractivity contribution in [1.82, 2.24) is 5.32 Å². The van der Waals surface area contributed by atoms with E-state index in [1.54, 1.807) is 0 Å². The third kappa shape index (κ3) is 7.14. The lowest BCUT2D eigenvalue weighted by Gasteiger charge is -2.20. The van der Waals surface area contributed by atoms with E-state index in [0.717, 1.165) is 12.8 Å². The van der Waals surface area contributed by atoms with Crippen molar-refractivity contribution in [3.05, 3.63) is 0 Å². The van der Waals surface area contributed by atoms with Gasteiger partial charge in [0.1, 0.15) is 0 Å². The number of unbranched alkanes of at least 4 members (excludes halogenated alkanes) is 4. The Kier molecular flexibility index (Phi) is 9.06. The van der Waals surface area contributed by atoms with Crippen LogP contribution in [0.4, 0.5) is 0 Å². The molecule has 0 aliphatic heterocycles. The fraction of sp³-hybridized carbons (Fsp3) is 0.846. The predicted octanol–water partition coefficient (Wildman–Crippen LogP) is 2.23. The lowest BCUT2D eigenvalue weighted by molar-refractivity contribution is -0.121. The van der Waals surface area contributed by atoms with Crippen LogP contribution in [0.3, 0.4) is 0 Å². The number of amides is 1. The Bertz CT molecular complexity index is 265. The summed E-state index contributed by atoms with van der Waals surface area (Å²) in [6.45, 7) is 6.01. The average molecular weight is 257 g/mol. The summed E-state index contributed by atoms with van der Waals surface area (Å²) in [5, 5.41) is 14.4. The number of nitrogens with two attached hydrogens (primary N) is 1. The molecule has 4 N–H and O–H groups in total. The monoisotopic (exact) mass is 257 g/mol. The van der Waals surface area contributed by atoms with Crippen molar-refractivity contribution in [2.75, 3.05) is 0 Å². The molecule has 0 fully saturated rings. The Balaban J connectivity index is 3.97. The van der Waals surface area contributed by atoms with Crippen LogP contribution in [0, 0.1) is 5.92 Å². The minimum atomic E-state index is -0.391. The number of rotatable bonds is 9. The topological polar surface area (TPSA) is 87.7 Å². The Morgan fingerprint density at radius 1 is 1.28 bits per heavy atom. The van der Waals surface area contributed by atoms with Gasteiger partial charge in [-0.05, 0) is 12.3 Å².